The number of nitrogens with one attached hydrogen (secondary N) is 1. The summed E-state index contributed by atoms with van der Waals surface area (Å²) in [4.78, 5) is 4.49. The van der Waals surface area contributed by atoms with E-state index >= 15 is 0 Å². The summed E-state index contributed by atoms with van der Waals surface area (Å²) >= 11 is 0. The van der Waals surface area contributed by atoms with Crippen molar-refractivity contribution in [1.29, 1.82) is 0 Å². The number of ether oxygens (including phenoxy) is 1. The Hall–Kier alpha value is -1.09. The van der Waals surface area contributed by atoms with Gasteiger partial charge in [-0.25, -0.2) is 0 Å². The molecule has 0 aromatic carbocycles. The molecule has 1 N–H and O–H groups in total. The van der Waals surface area contributed by atoms with E-state index in [0.717, 1.165) is 35.0 Å². The summed E-state index contributed by atoms with van der Waals surface area (Å²) in [6.07, 6.45) is 4.48. The molecule has 0 unspecified atom stereocenters. The summed E-state index contributed by atoms with van der Waals surface area (Å²) in [5, 5.41) is 3.56. The predicted molar refractivity (Wildman–Crippen MR) is 69.3 cm³/mol. The van der Waals surface area contributed by atoms with Gasteiger partial charge in [0.1, 0.15) is 5.75 Å². The molecule has 0 bridgehead atoms. The number of aromatic nitrogens is 1. The fraction of sp³-hybridized carbons (Fsp3) is 0.643. The first-order chi connectivity index (χ1) is 8.11. The zero-order valence-electron chi connectivity index (χ0n) is 11.2. The van der Waals surface area contributed by atoms with Crippen LogP contribution in [0.1, 0.15) is 36.6 Å². The third kappa shape index (κ3) is 2.60. The Morgan fingerprint density at radius 1 is 1.41 bits per heavy atom. The molecule has 1 heterocycles. The number of hydrogen-bond acceptors (Lipinski definition) is 3. The van der Waals surface area contributed by atoms with E-state index in [-0.39, 0.29) is 0 Å². The first-order valence-corrected chi connectivity index (χ1v) is 6.34. The molecule has 3 nitrogen and oxygen atoms in total. The van der Waals surface area contributed by atoms with Crippen LogP contribution in [0.4, 0.5) is 0 Å². The van der Waals surface area contributed by atoms with Crippen molar-refractivity contribution in [3.63, 3.8) is 0 Å². The van der Waals surface area contributed by atoms with Gasteiger partial charge in [-0.05, 0) is 32.6 Å². The summed E-state index contributed by atoms with van der Waals surface area (Å²) in [7, 11) is 1.72. The molecule has 0 aliphatic heterocycles. The molecule has 2 rings (SSSR count). The third-order valence-corrected chi connectivity index (χ3v) is 3.68. The van der Waals surface area contributed by atoms with E-state index in [9.17, 15) is 0 Å². The molecule has 1 aromatic rings. The Morgan fingerprint density at radius 2 is 2.12 bits per heavy atom. The molecule has 17 heavy (non-hydrogen) atoms. The van der Waals surface area contributed by atoms with Gasteiger partial charge in [0, 0.05) is 29.9 Å². The maximum atomic E-state index is 5.41. The normalized spacial score (nSPS) is 23.3. The van der Waals surface area contributed by atoms with Gasteiger partial charge in [-0.15, -0.1) is 0 Å². The van der Waals surface area contributed by atoms with Gasteiger partial charge < -0.3 is 10.1 Å². The van der Waals surface area contributed by atoms with Gasteiger partial charge >= 0.3 is 0 Å². The van der Waals surface area contributed by atoms with Crippen molar-refractivity contribution >= 4 is 0 Å². The van der Waals surface area contributed by atoms with Crippen LogP contribution in [0, 0.1) is 19.8 Å². The quantitative estimate of drug-likeness (QED) is 0.869. The van der Waals surface area contributed by atoms with E-state index in [4.69, 9.17) is 4.74 Å². The van der Waals surface area contributed by atoms with Gasteiger partial charge in [-0.2, -0.15) is 0 Å². The van der Waals surface area contributed by atoms with E-state index in [2.05, 4.69) is 24.1 Å². The second-order valence-corrected chi connectivity index (χ2v) is 5.20. The highest BCUT2D eigenvalue weighted by atomic mass is 16.5. The molecule has 0 radical (unpaired) electrons. The fourth-order valence-corrected chi connectivity index (χ4v) is 2.56. The monoisotopic (exact) mass is 234 g/mol. The summed E-state index contributed by atoms with van der Waals surface area (Å²) in [6.45, 7) is 7.26. The molecule has 1 fully saturated rings. The SMILES string of the molecule is COc1c(C)cnc(CNC2CC(C)C2)c1C. The van der Waals surface area contributed by atoms with Crippen molar-refractivity contribution in [1.82, 2.24) is 10.3 Å². The Balaban J connectivity index is 2.01. The zero-order valence-corrected chi connectivity index (χ0v) is 11.2. The molecule has 1 saturated carbocycles. The van der Waals surface area contributed by atoms with Crippen molar-refractivity contribution in [2.75, 3.05) is 7.11 Å². The Bertz CT molecular complexity index is 397. The van der Waals surface area contributed by atoms with Crippen LogP contribution in [0.5, 0.6) is 5.75 Å². The van der Waals surface area contributed by atoms with Gasteiger partial charge in [0.05, 0.1) is 12.8 Å². The highest BCUT2D eigenvalue weighted by Gasteiger charge is 2.24. The van der Waals surface area contributed by atoms with Crippen LogP contribution in [0.25, 0.3) is 0 Å². The number of pyridine rings is 1. The van der Waals surface area contributed by atoms with E-state index < -0.39 is 0 Å². The van der Waals surface area contributed by atoms with Crippen molar-refractivity contribution in [2.45, 2.75) is 46.2 Å². The highest BCUT2D eigenvalue weighted by molar-refractivity contribution is 5.41. The molecule has 0 atom stereocenters. The number of methoxy groups -OCH3 is 1. The maximum absolute atomic E-state index is 5.41. The minimum Gasteiger partial charge on any atom is -0.496 e. The van der Waals surface area contributed by atoms with Crippen LogP contribution < -0.4 is 10.1 Å². The van der Waals surface area contributed by atoms with Gasteiger partial charge in [-0.1, -0.05) is 6.92 Å². The molecular formula is C14H22N2O. The average molecular weight is 234 g/mol. The predicted octanol–water partition coefficient (Wildman–Crippen LogP) is 2.60. The molecule has 1 aromatic heterocycles. The molecule has 94 valence electrons. The average Bonchev–Trinajstić information content (AvgIpc) is 2.26. The molecule has 0 saturated heterocycles. The lowest BCUT2D eigenvalue weighted by Gasteiger charge is -2.33. The van der Waals surface area contributed by atoms with E-state index in [1.54, 1.807) is 7.11 Å². The fourth-order valence-electron chi connectivity index (χ4n) is 2.56. The van der Waals surface area contributed by atoms with Crippen molar-refractivity contribution in [2.24, 2.45) is 5.92 Å². The number of hydrogen-bond donors (Lipinski definition) is 1. The van der Waals surface area contributed by atoms with Crippen molar-refractivity contribution in [3.05, 3.63) is 23.0 Å². The lowest BCUT2D eigenvalue weighted by molar-refractivity contribution is 0.239. The molecule has 0 spiro atoms. The van der Waals surface area contributed by atoms with Gasteiger partial charge in [-0.3, -0.25) is 4.98 Å². The summed E-state index contributed by atoms with van der Waals surface area (Å²) in [5.41, 5.74) is 3.37. The molecule has 0 amide bonds. The van der Waals surface area contributed by atoms with E-state index in [1.807, 2.05) is 13.1 Å². The topological polar surface area (TPSA) is 34.1 Å². The lowest BCUT2D eigenvalue weighted by Crippen LogP contribution is -2.39. The standard InChI is InChI=1S/C14H22N2O/c1-9-5-12(6-9)15-8-13-11(3)14(17-4)10(2)7-16-13/h7,9,12,15H,5-6,8H2,1-4H3. The molecular weight excluding hydrogens is 212 g/mol. The van der Waals surface area contributed by atoms with Crippen LogP contribution in [-0.2, 0) is 6.54 Å². The second kappa shape index (κ2) is 5.05. The Morgan fingerprint density at radius 3 is 2.71 bits per heavy atom. The molecule has 3 heteroatoms. The van der Waals surface area contributed by atoms with Gasteiger partial charge in [0.2, 0.25) is 0 Å². The van der Waals surface area contributed by atoms with E-state index in [1.165, 1.54) is 12.8 Å². The first kappa shape index (κ1) is 12.4. The Kier molecular flexibility index (Phi) is 3.67. The third-order valence-electron chi connectivity index (χ3n) is 3.68. The van der Waals surface area contributed by atoms with Crippen LogP contribution >= 0.6 is 0 Å². The Labute approximate surface area is 104 Å². The van der Waals surface area contributed by atoms with Crippen molar-refractivity contribution < 1.29 is 4.74 Å². The summed E-state index contributed by atoms with van der Waals surface area (Å²) in [5.74, 6) is 1.85. The molecule has 1 aliphatic rings. The minimum absolute atomic E-state index is 0.679. The summed E-state index contributed by atoms with van der Waals surface area (Å²) < 4.78 is 5.41. The first-order valence-electron chi connectivity index (χ1n) is 6.34. The minimum atomic E-state index is 0.679. The van der Waals surface area contributed by atoms with Crippen LogP contribution in [-0.4, -0.2) is 18.1 Å². The smallest absolute Gasteiger partial charge is 0.128 e. The largest absolute Gasteiger partial charge is 0.496 e. The van der Waals surface area contributed by atoms with Crippen molar-refractivity contribution in [3.8, 4) is 5.75 Å². The van der Waals surface area contributed by atoms with Crippen LogP contribution in [0.15, 0.2) is 6.20 Å². The number of nitrogens with zero attached hydrogens (tertiary/aromatic N) is 1. The maximum Gasteiger partial charge on any atom is 0.128 e. The molecule has 1 aliphatic carbocycles. The highest BCUT2D eigenvalue weighted by Crippen LogP contribution is 2.27. The van der Waals surface area contributed by atoms with Crippen LogP contribution in [0.2, 0.25) is 0 Å². The van der Waals surface area contributed by atoms with Crippen LogP contribution in [0.3, 0.4) is 0 Å². The van der Waals surface area contributed by atoms with Gasteiger partial charge in [0.25, 0.3) is 0 Å². The lowest BCUT2D eigenvalue weighted by atomic mass is 9.82. The van der Waals surface area contributed by atoms with E-state index in [0.29, 0.717) is 6.04 Å². The zero-order chi connectivity index (χ0) is 12.4. The number of aryl methyl sites for hydroxylation is 1. The van der Waals surface area contributed by atoms with Gasteiger partial charge in [0.15, 0.2) is 0 Å². The second-order valence-electron chi connectivity index (χ2n) is 5.20. The number of rotatable bonds is 4. The summed E-state index contributed by atoms with van der Waals surface area (Å²) in [6, 6.07) is 0.679.